The Morgan fingerprint density at radius 3 is 2.47 bits per heavy atom. The largest absolute Gasteiger partial charge is 0.468 e. The fraction of sp³-hybridized carbons (Fsp3) is 0.900. The summed E-state index contributed by atoms with van der Waals surface area (Å²) in [6, 6.07) is 0. The predicted octanol–water partition coefficient (Wildman–Crippen LogP) is 0.191. The van der Waals surface area contributed by atoms with Gasteiger partial charge in [0, 0.05) is 7.11 Å². The van der Waals surface area contributed by atoms with Crippen LogP contribution in [0.25, 0.3) is 0 Å². The number of ether oxygens (including phenoxy) is 3. The van der Waals surface area contributed by atoms with Crippen LogP contribution in [0.5, 0.6) is 0 Å². The van der Waals surface area contributed by atoms with E-state index in [2.05, 4.69) is 5.32 Å². The molecule has 1 N–H and O–H groups in total. The molecule has 1 atom stereocenters. The molecule has 0 radical (unpaired) electrons. The zero-order valence-electron chi connectivity index (χ0n) is 9.96. The van der Waals surface area contributed by atoms with Crippen molar-refractivity contribution in [1.29, 1.82) is 0 Å². The van der Waals surface area contributed by atoms with Crippen LogP contribution in [0.2, 0.25) is 0 Å². The molecule has 0 aliphatic rings. The van der Waals surface area contributed by atoms with Gasteiger partial charge in [-0.15, -0.1) is 0 Å². The number of carbonyl (C=O) groups excluding carboxylic acids is 1. The van der Waals surface area contributed by atoms with Crippen LogP contribution in [0.1, 0.15) is 13.8 Å². The third-order valence-corrected chi connectivity index (χ3v) is 2.03. The first-order valence-corrected chi connectivity index (χ1v) is 5.00. The Bertz CT molecular complexity index is 186. The van der Waals surface area contributed by atoms with Gasteiger partial charge in [-0.25, -0.2) is 4.79 Å². The molecular weight excluding hydrogens is 198 g/mol. The lowest BCUT2D eigenvalue weighted by molar-refractivity contribution is -0.150. The summed E-state index contributed by atoms with van der Waals surface area (Å²) < 4.78 is 14.9. The molecule has 0 aromatic carbocycles. The molecule has 0 rings (SSSR count). The molecule has 0 fully saturated rings. The van der Waals surface area contributed by atoms with Crippen LogP contribution in [-0.2, 0) is 19.0 Å². The maximum atomic E-state index is 11.5. The van der Waals surface area contributed by atoms with Crippen LogP contribution >= 0.6 is 0 Å². The minimum Gasteiger partial charge on any atom is -0.468 e. The van der Waals surface area contributed by atoms with Crippen molar-refractivity contribution in [2.45, 2.75) is 19.4 Å². The molecule has 1 unspecified atom stereocenters. The quantitative estimate of drug-likeness (QED) is 0.466. The average molecular weight is 219 g/mol. The van der Waals surface area contributed by atoms with Crippen molar-refractivity contribution in [3.63, 3.8) is 0 Å². The third-order valence-electron chi connectivity index (χ3n) is 2.03. The topological polar surface area (TPSA) is 56.8 Å². The highest BCUT2D eigenvalue weighted by Gasteiger charge is 2.33. The second-order valence-electron chi connectivity index (χ2n) is 3.40. The number of esters is 1. The van der Waals surface area contributed by atoms with Crippen molar-refractivity contribution in [2.24, 2.45) is 0 Å². The number of likely N-dealkylation sites (N-methyl/N-ethyl adjacent to an activating group) is 1. The minimum absolute atomic E-state index is 0.275. The molecule has 0 heterocycles. The molecule has 0 saturated heterocycles. The number of rotatable bonds is 8. The molecule has 15 heavy (non-hydrogen) atoms. The fourth-order valence-electron chi connectivity index (χ4n) is 1.22. The lowest BCUT2D eigenvalue weighted by Gasteiger charge is -2.27. The van der Waals surface area contributed by atoms with Crippen molar-refractivity contribution in [1.82, 2.24) is 5.32 Å². The van der Waals surface area contributed by atoms with E-state index in [4.69, 9.17) is 14.2 Å². The predicted molar refractivity (Wildman–Crippen MR) is 56.8 cm³/mol. The lowest BCUT2D eigenvalue weighted by Crippen LogP contribution is -2.53. The second-order valence-corrected chi connectivity index (χ2v) is 3.40. The molecule has 0 aliphatic carbocycles. The van der Waals surface area contributed by atoms with Gasteiger partial charge in [0.05, 0.1) is 26.9 Å². The first-order valence-electron chi connectivity index (χ1n) is 5.00. The van der Waals surface area contributed by atoms with E-state index >= 15 is 0 Å². The van der Waals surface area contributed by atoms with Gasteiger partial charge in [0.1, 0.15) is 5.54 Å². The highest BCUT2D eigenvalue weighted by Crippen LogP contribution is 2.06. The first-order chi connectivity index (χ1) is 7.10. The van der Waals surface area contributed by atoms with E-state index in [1.807, 2.05) is 6.92 Å². The monoisotopic (exact) mass is 219 g/mol. The standard InChI is InChI=1S/C10H21NO4/c1-5-11-10(2,9(12)14-4)8-15-7-6-13-3/h11H,5-8H2,1-4H3. The number of hydrogen-bond acceptors (Lipinski definition) is 5. The zero-order chi connectivity index (χ0) is 11.7. The Morgan fingerprint density at radius 2 is 2.00 bits per heavy atom. The summed E-state index contributed by atoms with van der Waals surface area (Å²) >= 11 is 0. The molecule has 0 bridgehead atoms. The average Bonchev–Trinajstić information content (AvgIpc) is 2.23. The van der Waals surface area contributed by atoms with Crippen LogP contribution in [-0.4, -0.2) is 52.1 Å². The molecule has 5 heteroatoms. The Kier molecular flexibility index (Phi) is 7.29. The first kappa shape index (κ1) is 14.3. The van der Waals surface area contributed by atoms with Crippen molar-refractivity contribution in [3.05, 3.63) is 0 Å². The van der Waals surface area contributed by atoms with Crippen LogP contribution in [0, 0.1) is 0 Å². The smallest absolute Gasteiger partial charge is 0.328 e. The highest BCUT2D eigenvalue weighted by atomic mass is 16.5. The number of hydrogen-bond donors (Lipinski definition) is 1. The summed E-state index contributed by atoms with van der Waals surface area (Å²) in [6.07, 6.45) is 0. The van der Waals surface area contributed by atoms with Crippen LogP contribution < -0.4 is 5.32 Å². The van der Waals surface area contributed by atoms with Gasteiger partial charge >= 0.3 is 5.97 Å². The van der Waals surface area contributed by atoms with Gasteiger partial charge in [0.15, 0.2) is 0 Å². The normalized spacial score (nSPS) is 14.7. The second kappa shape index (κ2) is 7.62. The maximum absolute atomic E-state index is 11.5. The molecular formula is C10H21NO4. The van der Waals surface area contributed by atoms with Crippen LogP contribution in [0.15, 0.2) is 0 Å². The number of carbonyl (C=O) groups is 1. The molecule has 0 amide bonds. The van der Waals surface area contributed by atoms with Crippen LogP contribution in [0.3, 0.4) is 0 Å². The van der Waals surface area contributed by atoms with E-state index in [1.54, 1.807) is 14.0 Å². The van der Waals surface area contributed by atoms with Crippen molar-refractivity contribution in [2.75, 3.05) is 40.6 Å². The summed E-state index contributed by atoms with van der Waals surface area (Å²) in [5.74, 6) is -0.318. The maximum Gasteiger partial charge on any atom is 0.328 e. The third kappa shape index (κ3) is 5.11. The van der Waals surface area contributed by atoms with E-state index in [0.717, 1.165) is 0 Å². The molecule has 0 aromatic rings. The molecule has 5 nitrogen and oxygen atoms in total. The Morgan fingerprint density at radius 1 is 1.33 bits per heavy atom. The molecule has 0 aromatic heterocycles. The molecule has 0 spiro atoms. The zero-order valence-corrected chi connectivity index (χ0v) is 9.96. The Labute approximate surface area is 91.1 Å². The highest BCUT2D eigenvalue weighted by molar-refractivity contribution is 5.80. The number of nitrogens with one attached hydrogen (secondary N) is 1. The Balaban J connectivity index is 4.07. The summed E-state index contributed by atoms with van der Waals surface area (Å²) in [6.45, 7) is 5.62. The summed E-state index contributed by atoms with van der Waals surface area (Å²) in [5, 5.41) is 3.05. The van der Waals surface area contributed by atoms with Gasteiger partial charge in [-0.05, 0) is 13.5 Å². The Hall–Kier alpha value is -0.650. The van der Waals surface area contributed by atoms with Gasteiger partial charge in [0.2, 0.25) is 0 Å². The van der Waals surface area contributed by atoms with Gasteiger partial charge in [-0.1, -0.05) is 6.92 Å². The van der Waals surface area contributed by atoms with Gasteiger partial charge < -0.3 is 19.5 Å². The fourth-order valence-corrected chi connectivity index (χ4v) is 1.22. The lowest BCUT2D eigenvalue weighted by atomic mass is 10.0. The van der Waals surface area contributed by atoms with E-state index in [0.29, 0.717) is 19.8 Å². The summed E-state index contributed by atoms with van der Waals surface area (Å²) in [7, 11) is 2.97. The van der Waals surface area contributed by atoms with Gasteiger partial charge in [0.25, 0.3) is 0 Å². The number of methoxy groups -OCH3 is 2. The SMILES string of the molecule is CCNC(C)(COCCOC)C(=O)OC. The van der Waals surface area contributed by atoms with Gasteiger partial charge in [-0.2, -0.15) is 0 Å². The van der Waals surface area contributed by atoms with E-state index in [9.17, 15) is 4.79 Å². The van der Waals surface area contributed by atoms with E-state index in [1.165, 1.54) is 7.11 Å². The van der Waals surface area contributed by atoms with Crippen molar-refractivity contribution < 1.29 is 19.0 Å². The summed E-state index contributed by atoms with van der Waals surface area (Å²) in [5.41, 5.74) is -0.781. The van der Waals surface area contributed by atoms with Crippen LogP contribution in [0.4, 0.5) is 0 Å². The minimum atomic E-state index is -0.781. The molecule has 0 saturated carbocycles. The van der Waals surface area contributed by atoms with Crippen molar-refractivity contribution in [3.8, 4) is 0 Å². The van der Waals surface area contributed by atoms with Crippen molar-refractivity contribution >= 4 is 5.97 Å². The van der Waals surface area contributed by atoms with E-state index in [-0.39, 0.29) is 12.6 Å². The van der Waals surface area contributed by atoms with E-state index < -0.39 is 5.54 Å². The van der Waals surface area contributed by atoms with Gasteiger partial charge in [-0.3, -0.25) is 0 Å². The molecule has 0 aliphatic heterocycles. The molecule has 90 valence electrons. The summed E-state index contributed by atoms with van der Waals surface area (Å²) in [4.78, 5) is 11.5.